The van der Waals surface area contributed by atoms with Crippen molar-refractivity contribution in [3.05, 3.63) is 29.8 Å². The van der Waals surface area contributed by atoms with E-state index in [2.05, 4.69) is 5.32 Å². The van der Waals surface area contributed by atoms with Gasteiger partial charge in [0.25, 0.3) is 0 Å². The van der Waals surface area contributed by atoms with Gasteiger partial charge < -0.3 is 20.1 Å². The molecule has 0 aromatic heterocycles. The number of benzene rings is 1. The van der Waals surface area contributed by atoms with Gasteiger partial charge in [-0.15, -0.1) is 0 Å². The molecule has 0 heterocycles. The smallest absolute Gasteiger partial charge is 0.322 e. The number of urea groups is 1. The first-order valence-electron chi connectivity index (χ1n) is 6.81. The molecule has 0 aliphatic heterocycles. The molecule has 0 radical (unpaired) electrons. The number of hydrogen-bond donors (Lipinski definition) is 2. The van der Waals surface area contributed by atoms with Crippen LogP contribution in [-0.4, -0.2) is 41.7 Å². The summed E-state index contributed by atoms with van der Waals surface area (Å²) < 4.78 is 5.05. The van der Waals surface area contributed by atoms with E-state index < -0.39 is 5.97 Å². The Morgan fingerprint density at radius 1 is 1.38 bits per heavy atom. The first kappa shape index (κ1) is 17.0. The average Bonchev–Trinajstić information content (AvgIpc) is 2.38. The zero-order valence-electron chi connectivity index (χ0n) is 12.6. The van der Waals surface area contributed by atoms with E-state index in [1.54, 1.807) is 13.2 Å². The van der Waals surface area contributed by atoms with Crippen LogP contribution in [-0.2, 0) is 16.1 Å². The van der Waals surface area contributed by atoms with E-state index in [0.717, 1.165) is 5.56 Å². The number of hydrogen-bond acceptors (Lipinski definition) is 3. The standard InChI is InChI=1S/C15H22N2O4/c1-11(2)17(8-7-14(18)19)15(20)16-13-6-4-5-12(9-13)10-21-3/h4-6,9,11H,7-8,10H2,1-3H3,(H,16,20)(H,18,19). The molecule has 0 aliphatic rings. The molecule has 21 heavy (non-hydrogen) atoms. The van der Waals surface area contributed by atoms with Crippen LogP contribution in [0.4, 0.5) is 10.5 Å². The second kappa shape index (κ2) is 8.26. The Labute approximate surface area is 124 Å². The number of carboxylic acid groups (broad SMARTS) is 1. The van der Waals surface area contributed by atoms with Gasteiger partial charge in [-0.1, -0.05) is 12.1 Å². The van der Waals surface area contributed by atoms with Crippen molar-refractivity contribution in [3.63, 3.8) is 0 Å². The van der Waals surface area contributed by atoms with Crippen molar-refractivity contribution in [1.29, 1.82) is 0 Å². The number of amides is 2. The number of anilines is 1. The van der Waals surface area contributed by atoms with Crippen LogP contribution in [0.1, 0.15) is 25.8 Å². The summed E-state index contributed by atoms with van der Waals surface area (Å²) in [7, 11) is 1.61. The number of carbonyl (C=O) groups is 2. The summed E-state index contributed by atoms with van der Waals surface area (Å²) in [4.78, 5) is 24.4. The van der Waals surface area contributed by atoms with Crippen molar-refractivity contribution in [3.8, 4) is 0 Å². The topological polar surface area (TPSA) is 78.9 Å². The summed E-state index contributed by atoms with van der Waals surface area (Å²) in [6.45, 7) is 4.35. The molecular formula is C15H22N2O4. The van der Waals surface area contributed by atoms with Gasteiger partial charge in [-0.2, -0.15) is 0 Å². The van der Waals surface area contributed by atoms with Crippen LogP contribution < -0.4 is 5.32 Å². The van der Waals surface area contributed by atoms with Gasteiger partial charge in [-0.3, -0.25) is 4.79 Å². The van der Waals surface area contributed by atoms with Crippen LogP contribution in [0.15, 0.2) is 24.3 Å². The lowest BCUT2D eigenvalue weighted by atomic mass is 10.2. The zero-order chi connectivity index (χ0) is 15.8. The summed E-state index contributed by atoms with van der Waals surface area (Å²) in [5, 5.41) is 11.5. The molecule has 1 aromatic rings. The van der Waals surface area contributed by atoms with Gasteiger partial charge in [0.15, 0.2) is 0 Å². The van der Waals surface area contributed by atoms with E-state index >= 15 is 0 Å². The van der Waals surface area contributed by atoms with Crippen molar-refractivity contribution >= 4 is 17.7 Å². The highest BCUT2D eigenvalue weighted by Gasteiger charge is 2.18. The molecule has 0 saturated heterocycles. The summed E-state index contributed by atoms with van der Waals surface area (Å²) in [6.07, 6.45) is -0.0741. The Morgan fingerprint density at radius 3 is 2.67 bits per heavy atom. The monoisotopic (exact) mass is 294 g/mol. The third kappa shape index (κ3) is 5.83. The van der Waals surface area contributed by atoms with Gasteiger partial charge in [-0.05, 0) is 31.5 Å². The Hall–Kier alpha value is -2.08. The predicted octanol–water partition coefficient (Wildman–Crippen LogP) is 2.55. The number of methoxy groups -OCH3 is 1. The first-order valence-corrected chi connectivity index (χ1v) is 6.81. The van der Waals surface area contributed by atoms with E-state index in [0.29, 0.717) is 12.3 Å². The fraction of sp³-hybridized carbons (Fsp3) is 0.467. The second-order valence-electron chi connectivity index (χ2n) is 4.99. The fourth-order valence-electron chi connectivity index (χ4n) is 1.91. The number of nitrogens with one attached hydrogen (secondary N) is 1. The molecule has 6 heteroatoms. The summed E-state index contributed by atoms with van der Waals surface area (Å²) >= 11 is 0. The van der Waals surface area contributed by atoms with Crippen molar-refractivity contribution in [2.24, 2.45) is 0 Å². The van der Waals surface area contributed by atoms with Crippen LogP contribution in [0.5, 0.6) is 0 Å². The van der Waals surface area contributed by atoms with Gasteiger partial charge in [0.2, 0.25) is 0 Å². The van der Waals surface area contributed by atoms with Crippen molar-refractivity contribution < 1.29 is 19.4 Å². The molecule has 116 valence electrons. The Kier molecular flexibility index (Phi) is 6.68. The summed E-state index contributed by atoms with van der Waals surface area (Å²) in [6, 6.07) is 6.97. The van der Waals surface area contributed by atoms with Crippen LogP contribution in [0, 0.1) is 0 Å². The van der Waals surface area contributed by atoms with Gasteiger partial charge in [0.1, 0.15) is 0 Å². The minimum absolute atomic E-state index is 0.0741. The van der Waals surface area contributed by atoms with Crippen LogP contribution in [0.25, 0.3) is 0 Å². The number of rotatable bonds is 7. The van der Waals surface area contributed by atoms with Crippen LogP contribution in [0.3, 0.4) is 0 Å². The molecule has 2 amide bonds. The average molecular weight is 294 g/mol. The van der Waals surface area contributed by atoms with Gasteiger partial charge in [0.05, 0.1) is 13.0 Å². The molecule has 0 atom stereocenters. The Bertz CT molecular complexity index is 488. The normalized spacial score (nSPS) is 10.5. The van der Waals surface area contributed by atoms with Crippen molar-refractivity contribution in [2.75, 3.05) is 19.0 Å². The second-order valence-corrected chi connectivity index (χ2v) is 4.99. The predicted molar refractivity (Wildman–Crippen MR) is 80.3 cm³/mol. The third-order valence-corrected chi connectivity index (χ3v) is 2.94. The molecule has 1 aromatic carbocycles. The van der Waals surface area contributed by atoms with Gasteiger partial charge >= 0.3 is 12.0 Å². The molecule has 0 saturated carbocycles. The summed E-state index contributed by atoms with van der Waals surface area (Å²) in [5.74, 6) is -0.921. The lowest BCUT2D eigenvalue weighted by Crippen LogP contribution is -2.41. The molecule has 1 rings (SSSR count). The van der Waals surface area contributed by atoms with E-state index in [1.807, 2.05) is 32.0 Å². The lowest BCUT2D eigenvalue weighted by molar-refractivity contribution is -0.137. The summed E-state index contributed by atoms with van der Waals surface area (Å²) in [5.41, 5.74) is 1.62. The minimum Gasteiger partial charge on any atom is -0.481 e. The SMILES string of the molecule is COCc1cccc(NC(=O)N(CCC(=O)O)C(C)C)c1. The van der Waals surface area contributed by atoms with Crippen molar-refractivity contribution in [2.45, 2.75) is 32.9 Å². The Morgan fingerprint density at radius 2 is 2.10 bits per heavy atom. The Balaban J connectivity index is 2.72. The highest BCUT2D eigenvalue weighted by molar-refractivity contribution is 5.89. The number of ether oxygens (including phenoxy) is 1. The third-order valence-electron chi connectivity index (χ3n) is 2.94. The highest BCUT2D eigenvalue weighted by atomic mass is 16.5. The van der Waals surface area contributed by atoms with Crippen LogP contribution in [0.2, 0.25) is 0 Å². The van der Waals surface area contributed by atoms with E-state index in [4.69, 9.17) is 9.84 Å². The largest absolute Gasteiger partial charge is 0.481 e. The number of nitrogens with zero attached hydrogens (tertiary/aromatic N) is 1. The molecule has 0 aliphatic carbocycles. The molecule has 0 spiro atoms. The maximum absolute atomic E-state index is 12.2. The maximum Gasteiger partial charge on any atom is 0.322 e. The zero-order valence-corrected chi connectivity index (χ0v) is 12.6. The van der Waals surface area contributed by atoms with Crippen molar-refractivity contribution in [1.82, 2.24) is 4.90 Å². The molecule has 0 unspecified atom stereocenters. The fourth-order valence-corrected chi connectivity index (χ4v) is 1.91. The first-order chi connectivity index (χ1) is 9.93. The molecule has 0 fully saturated rings. The van der Waals surface area contributed by atoms with Gasteiger partial charge in [0, 0.05) is 25.4 Å². The minimum atomic E-state index is -0.921. The van der Waals surface area contributed by atoms with Gasteiger partial charge in [-0.25, -0.2) is 4.79 Å². The van der Waals surface area contributed by atoms with Crippen LogP contribution >= 0.6 is 0 Å². The molecule has 6 nitrogen and oxygen atoms in total. The number of carboxylic acids is 1. The number of carbonyl (C=O) groups excluding carboxylic acids is 1. The van der Waals surface area contributed by atoms with E-state index in [9.17, 15) is 9.59 Å². The lowest BCUT2D eigenvalue weighted by Gasteiger charge is -2.26. The molecule has 2 N–H and O–H groups in total. The highest BCUT2D eigenvalue weighted by Crippen LogP contribution is 2.13. The van der Waals surface area contributed by atoms with E-state index in [-0.39, 0.29) is 25.0 Å². The molecular weight excluding hydrogens is 272 g/mol. The van der Waals surface area contributed by atoms with E-state index in [1.165, 1.54) is 4.90 Å². The maximum atomic E-state index is 12.2. The molecule has 0 bridgehead atoms. The number of aliphatic carboxylic acids is 1. The quantitative estimate of drug-likeness (QED) is 0.810.